The van der Waals surface area contributed by atoms with Gasteiger partial charge in [-0.05, 0) is 60.5 Å². The maximum Gasteiger partial charge on any atom is 0.363 e. The fraction of sp³-hybridized carbons (Fsp3) is 0.0833. The number of nitrogens with zero attached hydrogens (tertiary/aromatic N) is 1. The third-order valence-corrected chi connectivity index (χ3v) is 4.61. The Balaban J connectivity index is 1.51. The second-order valence-corrected chi connectivity index (χ2v) is 7.13. The van der Waals surface area contributed by atoms with Gasteiger partial charge in [0.25, 0.3) is 0 Å². The highest BCUT2D eigenvalue weighted by Crippen LogP contribution is 2.22. The van der Waals surface area contributed by atoms with Gasteiger partial charge in [0, 0.05) is 10.6 Å². The summed E-state index contributed by atoms with van der Waals surface area (Å²) in [6.45, 7) is 2.40. The maximum atomic E-state index is 12.2. The van der Waals surface area contributed by atoms with E-state index in [1.54, 1.807) is 6.08 Å². The van der Waals surface area contributed by atoms with Gasteiger partial charge in [-0.25, -0.2) is 9.79 Å². The van der Waals surface area contributed by atoms with Gasteiger partial charge >= 0.3 is 5.97 Å². The minimum absolute atomic E-state index is 0.257. The number of rotatable bonds is 5. The number of carbonyl (C=O) groups is 1. The van der Waals surface area contributed by atoms with E-state index in [0.717, 1.165) is 22.3 Å². The van der Waals surface area contributed by atoms with Crippen molar-refractivity contribution in [3.8, 4) is 5.75 Å². The first-order valence-corrected chi connectivity index (χ1v) is 9.51. The molecule has 29 heavy (non-hydrogen) atoms. The van der Waals surface area contributed by atoms with Gasteiger partial charge in [-0.15, -0.1) is 0 Å². The first-order chi connectivity index (χ1) is 14.1. The van der Waals surface area contributed by atoms with Crippen LogP contribution in [-0.4, -0.2) is 11.9 Å². The number of aliphatic imine (C=N–C) groups is 1. The quantitative estimate of drug-likeness (QED) is 0.413. The molecule has 0 saturated carbocycles. The van der Waals surface area contributed by atoms with E-state index in [0.29, 0.717) is 23.3 Å². The number of esters is 1. The highest BCUT2D eigenvalue weighted by Gasteiger charge is 2.24. The first-order valence-electron chi connectivity index (χ1n) is 9.14. The molecule has 4 nitrogen and oxygen atoms in total. The van der Waals surface area contributed by atoms with Gasteiger partial charge in [-0.3, -0.25) is 0 Å². The molecule has 1 aliphatic heterocycles. The Morgan fingerprint density at radius 3 is 2.62 bits per heavy atom. The summed E-state index contributed by atoms with van der Waals surface area (Å²) in [6.07, 6.45) is 1.69. The van der Waals surface area contributed by atoms with E-state index in [2.05, 4.69) is 4.99 Å². The Hall–Kier alpha value is -3.37. The predicted octanol–water partition coefficient (Wildman–Crippen LogP) is 5.57. The smallest absolute Gasteiger partial charge is 0.363 e. The Morgan fingerprint density at radius 1 is 1.03 bits per heavy atom. The van der Waals surface area contributed by atoms with E-state index in [-0.39, 0.29) is 5.70 Å². The standard InChI is InChI=1S/C24H18ClNO3/c1-16-8-10-19(11-9-16)23-26-22(24(27)29-23)14-17-4-3-7-21(13-17)28-15-18-5-2-6-20(25)12-18/h2-14H,15H2,1H3/b22-14-. The van der Waals surface area contributed by atoms with Crippen molar-refractivity contribution >= 4 is 29.5 Å². The lowest BCUT2D eigenvalue weighted by Gasteiger charge is -2.07. The zero-order valence-corrected chi connectivity index (χ0v) is 16.5. The Morgan fingerprint density at radius 2 is 1.83 bits per heavy atom. The molecule has 3 aromatic rings. The minimum Gasteiger partial charge on any atom is -0.489 e. The van der Waals surface area contributed by atoms with Gasteiger partial charge in [0.05, 0.1) is 0 Å². The van der Waals surface area contributed by atoms with Gasteiger partial charge in [0.1, 0.15) is 12.4 Å². The predicted molar refractivity (Wildman–Crippen MR) is 114 cm³/mol. The van der Waals surface area contributed by atoms with E-state index in [4.69, 9.17) is 21.1 Å². The van der Waals surface area contributed by atoms with Crippen LogP contribution in [0, 0.1) is 6.92 Å². The number of aryl methyl sites for hydroxylation is 1. The minimum atomic E-state index is -0.467. The van der Waals surface area contributed by atoms with Crippen LogP contribution < -0.4 is 4.74 Å². The van der Waals surface area contributed by atoms with E-state index in [9.17, 15) is 4.79 Å². The topological polar surface area (TPSA) is 47.9 Å². The Kier molecular flexibility index (Phi) is 5.45. The van der Waals surface area contributed by atoms with Crippen LogP contribution in [0.4, 0.5) is 0 Å². The molecule has 0 bridgehead atoms. The molecule has 144 valence electrons. The number of halogens is 1. The van der Waals surface area contributed by atoms with Crippen LogP contribution in [0.5, 0.6) is 5.75 Å². The summed E-state index contributed by atoms with van der Waals surface area (Å²) in [6, 6.07) is 22.7. The number of cyclic esters (lactones) is 1. The molecule has 0 radical (unpaired) electrons. The highest BCUT2D eigenvalue weighted by atomic mass is 35.5. The van der Waals surface area contributed by atoms with Gasteiger partial charge in [-0.1, -0.05) is 53.6 Å². The number of benzene rings is 3. The van der Waals surface area contributed by atoms with Crippen molar-refractivity contribution in [2.75, 3.05) is 0 Å². The van der Waals surface area contributed by atoms with E-state index >= 15 is 0 Å². The fourth-order valence-corrected chi connectivity index (χ4v) is 3.09. The molecular weight excluding hydrogens is 386 g/mol. The lowest BCUT2D eigenvalue weighted by atomic mass is 10.1. The maximum absolute atomic E-state index is 12.2. The number of ether oxygens (including phenoxy) is 2. The molecule has 1 heterocycles. The average molecular weight is 404 g/mol. The van der Waals surface area contributed by atoms with Gasteiger partial charge in [-0.2, -0.15) is 0 Å². The summed E-state index contributed by atoms with van der Waals surface area (Å²) in [5, 5.41) is 0.673. The highest BCUT2D eigenvalue weighted by molar-refractivity contribution is 6.30. The van der Waals surface area contributed by atoms with Gasteiger partial charge in [0.2, 0.25) is 5.90 Å². The molecule has 0 N–H and O–H groups in total. The Bertz CT molecular complexity index is 1120. The summed E-state index contributed by atoms with van der Waals surface area (Å²) < 4.78 is 11.2. The molecule has 0 unspecified atom stereocenters. The molecule has 0 fully saturated rings. The monoisotopic (exact) mass is 403 g/mol. The van der Waals surface area contributed by atoms with Crippen molar-refractivity contribution in [1.29, 1.82) is 0 Å². The van der Waals surface area contributed by atoms with E-state index in [1.165, 1.54) is 0 Å². The molecule has 0 amide bonds. The van der Waals surface area contributed by atoms with Crippen molar-refractivity contribution in [1.82, 2.24) is 0 Å². The van der Waals surface area contributed by atoms with Crippen LogP contribution in [0.25, 0.3) is 6.08 Å². The van der Waals surface area contributed by atoms with E-state index in [1.807, 2.05) is 79.7 Å². The molecule has 5 heteroatoms. The van der Waals surface area contributed by atoms with Crippen molar-refractivity contribution in [2.45, 2.75) is 13.5 Å². The molecule has 0 aliphatic carbocycles. The molecule has 0 saturated heterocycles. The average Bonchev–Trinajstić information content (AvgIpc) is 3.08. The SMILES string of the molecule is Cc1ccc(C2=N/C(=C\c3cccc(OCc4cccc(Cl)c4)c3)C(=O)O2)cc1. The molecule has 3 aromatic carbocycles. The fourth-order valence-electron chi connectivity index (χ4n) is 2.87. The molecule has 0 spiro atoms. The van der Waals surface area contributed by atoms with Gasteiger partial charge < -0.3 is 9.47 Å². The van der Waals surface area contributed by atoms with Crippen molar-refractivity contribution in [2.24, 2.45) is 4.99 Å². The lowest BCUT2D eigenvalue weighted by Crippen LogP contribution is -2.05. The largest absolute Gasteiger partial charge is 0.489 e. The second-order valence-electron chi connectivity index (χ2n) is 6.69. The zero-order valence-electron chi connectivity index (χ0n) is 15.8. The summed E-state index contributed by atoms with van der Waals surface area (Å²) in [4.78, 5) is 16.6. The molecule has 0 aromatic heterocycles. The normalized spacial score (nSPS) is 14.6. The number of hydrogen-bond donors (Lipinski definition) is 0. The van der Waals surface area contributed by atoms with Crippen LogP contribution in [0.1, 0.15) is 22.3 Å². The lowest BCUT2D eigenvalue weighted by molar-refractivity contribution is -0.129. The zero-order chi connectivity index (χ0) is 20.2. The van der Waals surface area contributed by atoms with Crippen molar-refractivity contribution in [3.05, 3.63) is 106 Å². The van der Waals surface area contributed by atoms with Crippen LogP contribution in [-0.2, 0) is 16.1 Å². The second kappa shape index (κ2) is 8.33. The molecule has 0 atom stereocenters. The molecule has 1 aliphatic rings. The molecule has 4 rings (SSSR count). The van der Waals surface area contributed by atoms with Crippen LogP contribution in [0.15, 0.2) is 83.5 Å². The van der Waals surface area contributed by atoms with Gasteiger partial charge in [0.15, 0.2) is 5.70 Å². The third kappa shape index (κ3) is 4.73. The summed E-state index contributed by atoms with van der Waals surface area (Å²) in [5.74, 6) is 0.536. The summed E-state index contributed by atoms with van der Waals surface area (Å²) >= 11 is 6.00. The van der Waals surface area contributed by atoms with Crippen LogP contribution in [0.2, 0.25) is 5.02 Å². The van der Waals surface area contributed by atoms with Crippen LogP contribution >= 0.6 is 11.6 Å². The third-order valence-electron chi connectivity index (χ3n) is 4.38. The molecular formula is C24H18ClNO3. The van der Waals surface area contributed by atoms with Crippen molar-refractivity contribution < 1.29 is 14.3 Å². The van der Waals surface area contributed by atoms with E-state index < -0.39 is 5.97 Å². The number of carbonyl (C=O) groups excluding carboxylic acids is 1. The first kappa shape index (κ1) is 19.0. The summed E-state index contributed by atoms with van der Waals surface area (Å²) in [5.41, 5.74) is 3.94. The summed E-state index contributed by atoms with van der Waals surface area (Å²) in [7, 11) is 0. The van der Waals surface area contributed by atoms with Crippen molar-refractivity contribution in [3.63, 3.8) is 0 Å². The Labute approximate surface area is 174 Å². The van der Waals surface area contributed by atoms with Crippen LogP contribution in [0.3, 0.4) is 0 Å². The number of hydrogen-bond acceptors (Lipinski definition) is 4.